The number of rotatable bonds is 6. The monoisotopic (exact) mass is 276 g/mol. The van der Waals surface area contributed by atoms with Crippen molar-refractivity contribution in [3.63, 3.8) is 0 Å². The fraction of sp³-hybridized carbons (Fsp3) is 0.562. The molecular formula is C16H24N2S. The summed E-state index contributed by atoms with van der Waals surface area (Å²) in [5.41, 5.74) is 3.74. The Morgan fingerprint density at radius 3 is 2.79 bits per heavy atom. The summed E-state index contributed by atoms with van der Waals surface area (Å²) in [7, 11) is 0. The van der Waals surface area contributed by atoms with Gasteiger partial charge in [0, 0.05) is 6.54 Å². The van der Waals surface area contributed by atoms with E-state index in [4.69, 9.17) is 12.2 Å². The molecule has 0 saturated heterocycles. The third kappa shape index (κ3) is 3.08. The lowest BCUT2D eigenvalue weighted by Gasteiger charge is -2.16. The lowest BCUT2D eigenvalue weighted by atomic mass is 9.99. The van der Waals surface area contributed by atoms with Crippen LogP contribution in [0.15, 0.2) is 18.2 Å². The smallest absolute Gasteiger partial charge is 0.178 e. The first kappa shape index (κ1) is 14.3. The van der Waals surface area contributed by atoms with E-state index >= 15 is 0 Å². The molecule has 1 aromatic carbocycles. The Morgan fingerprint density at radius 2 is 2.11 bits per heavy atom. The normalized spacial score (nSPS) is 13.0. The summed E-state index contributed by atoms with van der Waals surface area (Å²) in [6.45, 7) is 7.74. The van der Waals surface area contributed by atoms with Gasteiger partial charge in [-0.3, -0.25) is 0 Å². The molecule has 2 nitrogen and oxygen atoms in total. The Balaban J connectivity index is 2.34. The van der Waals surface area contributed by atoms with Crippen molar-refractivity contribution < 1.29 is 0 Å². The molecule has 2 rings (SSSR count). The standard InChI is InChI=1S/C16H24N2S/c1-4-6-9-13(5-2)11-18-15-12(3)8-7-10-14(15)17-16(18)19/h7-8,10,13H,4-6,9,11H2,1-3H3,(H,17,19). The van der Waals surface area contributed by atoms with E-state index in [9.17, 15) is 0 Å². The molecule has 0 bridgehead atoms. The third-order valence-electron chi connectivity index (χ3n) is 3.98. The van der Waals surface area contributed by atoms with Crippen molar-refractivity contribution in [3.05, 3.63) is 28.5 Å². The molecule has 0 fully saturated rings. The van der Waals surface area contributed by atoms with Crippen LogP contribution in [0.25, 0.3) is 11.0 Å². The lowest BCUT2D eigenvalue weighted by molar-refractivity contribution is 0.393. The first-order valence-corrected chi connectivity index (χ1v) is 7.76. The van der Waals surface area contributed by atoms with Crippen LogP contribution in [0.4, 0.5) is 0 Å². The van der Waals surface area contributed by atoms with Crippen molar-refractivity contribution in [3.8, 4) is 0 Å². The minimum atomic E-state index is 0.727. The fourth-order valence-electron chi connectivity index (χ4n) is 2.75. The summed E-state index contributed by atoms with van der Waals surface area (Å²) in [6.07, 6.45) is 5.11. The van der Waals surface area contributed by atoms with E-state index in [0.29, 0.717) is 0 Å². The molecule has 0 aliphatic rings. The van der Waals surface area contributed by atoms with Crippen molar-refractivity contribution in [2.24, 2.45) is 5.92 Å². The molecule has 104 valence electrons. The van der Waals surface area contributed by atoms with Gasteiger partial charge in [-0.15, -0.1) is 0 Å². The summed E-state index contributed by atoms with van der Waals surface area (Å²) in [6, 6.07) is 6.36. The SMILES string of the molecule is CCCCC(CC)Cn1c(=S)[nH]c2cccc(C)c21. The van der Waals surface area contributed by atoms with E-state index in [1.54, 1.807) is 0 Å². The number of para-hydroxylation sites is 1. The Bertz CT molecular complexity index is 594. The maximum atomic E-state index is 5.50. The molecule has 3 heteroatoms. The highest BCUT2D eigenvalue weighted by molar-refractivity contribution is 7.71. The highest BCUT2D eigenvalue weighted by atomic mass is 32.1. The van der Waals surface area contributed by atoms with Gasteiger partial charge in [-0.25, -0.2) is 0 Å². The van der Waals surface area contributed by atoms with Crippen molar-refractivity contribution in [1.82, 2.24) is 9.55 Å². The molecule has 19 heavy (non-hydrogen) atoms. The quantitative estimate of drug-likeness (QED) is 0.717. The number of H-pyrrole nitrogens is 1. The zero-order chi connectivity index (χ0) is 13.8. The predicted octanol–water partition coefficient (Wildman–Crippen LogP) is 5.22. The average Bonchev–Trinajstić information content (AvgIpc) is 2.72. The molecule has 1 unspecified atom stereocenters. The minimum Gasteiger partial charge on any atom is -0.331 e. The van der Waals surface area contributed by atoms with Gasteiger partial charge >= 0.3 is 0 Å². The number of hydrogen-bond acceptors (Lipinski definition) is 1. The molecule has 1 N–H and O–H groups in total. The van der Waals surface area contributed by atoms with E-state index < -0.39 is 0 Å². The van der Waals surface area contributed by atoms with Crippen molar-refractivity contribution in [1.29, 1.82) is 0 Å². The lowest BCUT2D eigenvalue weighted by Crippen LogP contribution is -2.10. The van der Waals surface area contributed by atoms with Crippen LogP contribution in [0.1, 0.15) is 45.1 Å². The summed E-state index contributed by atoms with van der Waals surface area (Å²) in [4.78, 5) is 3.33. The number of nitrogens with zero attached hydrogens (tertiary/aromatic N) is 1. The number of fused-ring (bicyclic) bond motifs is 1. The number of aromatic amines is 1. The molecular weight excluding hydrogens is 252 g/mol. The van der Waals surface area contributed by atoms with Gasteiger partial charge in [0.1, 0.15) is 0 Å². The van der Waals surface area contributed by atoms with Crippen LogP contribution in [-0.2, 0) is 6.54 Å². The average molecular weight is 276 g/mol. The molecule has 0 aliphatic heterocycles. The second kappa shape index (κ2) is 6.38. The molecule has 1 aromatic heterocycles. The van der Waals surface area contributed by atoms with E-state index in [2.05, 4.69) is 48.5 Å². The van der Waals surface area contributed by atoms with Gasteiger partial charge < -0.3 is 9.55 Å². The third-order valence-corrected chi connectivity index (χ3v) is 4.30. The zero-order valence-corrected chi connectivity index (χ0v) is 13.0. The summed E-state index contributed by atoms with van der Waals surface area (Å²) in [5, 5.41) is 0. The number of hydrogen-bond donors (Lipinski definition) is 1. The largest absolute Gasteiger partial charge is 0.331 e. The maximum Gasteiger partial charge on any atom is 0.178 e. The molecule has 1 heterocycles. The minimum absolute atomic E-state index is 0.727. The molecule has 0 amide bonds. The van der Waals surface area contributed by atoms with Crippen LogP contribution in [-0.4, -0.2) is 9.55 Å². The Hall–Kier alpha value is -1.09. The molecule has 0 saturated carbocycles. The number of nitrogens with one attached hydrogen (secondary N) is 1. The first-order valence-electron chi connectivity index (χ1n) is 7.35. The van der Waals surface area contributed by atoms with Crippen LogP contribution < -0.4 is 0 Å². The van der Waals surface area contributed by atoms with E-state index in [1.807, 2.05) is 0 Å². The summed E-state index contributed by atoms with van der Waals surface area (Å²) in [5.74, 6) is 0.727. The summed E-state index contributed by atoms with van der Waals surface area (Å²) < 4.78 is 3.16. The second-order valence-electron chi connectivity index (χ2n) is 5.43. The van der Waals surface area contributed by atoms with Gasteiger partial charge in [-0.05, 0) is 43.1 Å². The number of benzene rings is 1. The van der Waals surface area contributed by atoms with Crippen molar-refractivity contribution in [2.45, 2.75) is 53.0 Å². The van der Waals surface area contributed by atoms with Crippen LogP contribution in [0.2, 0.25) is 0 Å². The Labute approximate surface area is 120 Å². The second-order valence-corrected chi connectivity index (χ2v) is 5.82. The van der Waals surface area contributed by atoms with E-state index in [0.717, 1.165) is 22.8 Å². The number of unbranched alkanes of at least 4 members (excludes halogenated alkanes) is 1. The van der Waals surface area contributed by atoms with Crippen LogP contribution in [0.5, 0.6) is 0 Å². The Morgan fingerprint density at radius 1 is 1.32 bits per heavy atom. The molecule has 0 spiro atoms. The van der Waals surface area contributed by atoms with Gasteiger partial charge in [-0.1, -0.05) is 45.2 Å². The first-order chi connectivity index (χ1) is 9.17. The summed E-state index contributed by atoms with van der Waals surface area (Å²) >= 11 is 5.50. The fourth-order valence-corrected chi connectivity index (χ4v) is 3.03. The van der Waals surface area contributed by atoms with Crippen molar-refractivity contribution in [2.75, 3.05) is 0 Å². The molecule has 2 aromatic rings. The predicted molar refractivity (Wildman–Crippen MR) is 85.2 cm³/mol. The Kier molecular flexibility index (Phi) is 4.81. The van der Waals surface area contributed by atoms with Crippen LogP contribution in [0.3, 0.4) is 0 Å². The van der Waals surface area contributed by atoms with Crippen LogP contribution >= 0.6 is 12.2 Å². The van der Waals surface area contributed by atoms with Crippen LogP contribution in [0, 0.1) is 17.6 Å². The maximum absolute atomic E-state index is 5.50. The molecule has 1 atom stereocenters. The van der Waals surface area contributed by atoms with Gasteiger partial charge in [-0.2, -0.15) is 0 Å². The highest BCUT2D eigenvalue weighted by Crippen LogP contribution is 2.22. The topological polar surface area (TPSA) is 20.7 Å². The van der Waals surface area contributed by atoms with Crippen molar-refractivity contribution >= 4 is 23.3 Å². The number of aromatic nitrogens is 2. The van der Waals surface area contributed by atoms with Gasteiger partial charge in [0.25, 0.3) is 0 Å². The zero-order valence-electron chi connectivity index (χ0n) is 12.2. The number of aryl methyl sites for hydroxylation is 1. The molecule has 0 radical (unpaired) electrons. The van der Waals surface area contributed by atoms with Gasteiger partial charge in [0.15, 0.2) is 4.77 Å². The number of imidazole rings is 1. The highest BCUT2D eigenvalue weighted by Gasteiger charge is 2.12. The van der Waals surface area contributed by atoms with Gasteiger partial charge in [0.05, 0.1) is 11.0 Å². The van der Waals surface area contributed by atoms with Gasteiger partial charge in [0.2, 0.25) is 0 Å². The molecule has 0 aliphatic carbocycles. The van der Waals surface area contributed by atoms with E-state index in [1.165, 1.54) is 36.8 Å². The van der Waals surface area contributed by atoms with E-state index in [-0.39, 0.29) is 0 Å².